The molecule has 6 heteroatoms. The van der Waals surface area contributed by atoms with Gasteiger partial charge in [0.2, 0.25) is 5.91 Å². The molecule has 2 saturated heterocycles. The van der Waals surface area contributed by atoms with Crippen LogP contribution in [-0.2, 0) is 11.3 Å². The molecule has 0 aromatic carbocycles. The highest BCUT2D eigenvalue weighted by molar-refractivity contribution is 5.99. The van der Waals surface area contributed by atoms with Crippen LogP contribution in [-0.4, -0.2) is 40.6 Å². The number of hydrogen-bond acceptors (Lipinski definition) is 5. The van der Waals surface area contributed by atoms with Crippen molar-refractivity contribution in [2.75, 3.05) is 24.5 Å². The molecule has 0 saturated carbocycles. The molecule has 2 fully saturated rings. The first-order chi connectivity index (χ1) is 12.1. The third kappa shape index (κ3) is 2.84. The van der Waals surface area contributed by atoms with Crippen molar-refractivity contribution >= 4 is 11.6 Å². The summed E-state index contributed by atoms with van der Waals surface area (Å²) in [5.41, 5.74) is 2.89. The highest BCUT2D eigenvalue weighted by atomic mass is 16.5. The van der Waals surface area contributed by atoms with E-state index in [2.05, 4.69) is 15.0 Å². The third-order valence-corrected chi connectivity index (χ3v) is 5.85. The number of pyridine rings is 1. The van der Waals surface area contributed by atoms with Gasteiger partial charge >= 0.3 is 0 Å². The topological polar surface area (TPSA) is 62.5 Å². The molecule has 2 aromatic heterocycles. The second kappa shape index (κ2) is 6.26. The third-order valence-electron chi connectivity index (χ3n) is 5.85. The Bertz CT molecular complexity index is 743. The zero-order valence-corrected chi connectivity index (χ0v) is 14.9. The fourth-order valence-electron chi connectivity index (χ4n) is 4.13. The summed E-state index contributed by atoms with van der Waals surface area (Å²) in [6.07, 6.45) is 6.31. The van der Waals surface area contributed by atoms with Gasteiger partial charge in [0.1, 0.15) is 5.76 Å². The summed E-state index contributed by atoms with van der Waals surface area (Å²) in [4.78, 5) is 21.5. The lowest BCUT2D eigenvalue weighted by molar-refractivity contribution is -0.128. The Labute approximate surface area is 147 Å². The zero-order valence-electron chi connectivity index (χ0n) is 14.9. The van der Waals surface area contributed by atoms with Gasteiger partial charge < -0.3 is 9.42 Å². The Morgan fingerprint density at radius 3 is 2.60 bits per heavy atom. The molecule has 0 N–H and O–H groups in total. The standard InChI is InChI=1S/C19H24N4O2/c1-14-17(15(2)25-21-14)13-22-9-5-19(6-10-22)7-11-23(18(19)24)16-4-3-8-20-12-16/h3-4,8,12H,5-7,9-11,13H2,1-2H3. The molecule has 0 aliphatic carbocycles. The number of likely N-dealkylation sites (tertiary alicyclic amines) is 1. The van der Waals surface area contributed by atoms with Crippen LogP contribution in [0.2, 0.25) is 0 Å². The number of amides is 1. The Morgan fingerprint density at radius 1 is 1.20 bits per heavy atom. The van der Waals surface area contributed by atoms with Gasteiger partial charge in [-0.2, -0.15) is 0 Å². The number of hydrogen-bond donors (Lipinski definition) is 0. The minimum Gasteiger partial charge on any atom is -0.361 e. The quantitative estimate of drug-likeness (QED) is 0.860. The summed E-state index contributed by atoms with van der Waals surface area (Å²) in [5.74, 6) is 1.18. The number of aromatic nitrogens is 2. The van der Waals surface area contributed by atoms with Gasteiger partial charge in [-0.1, -0.05) is 5.16 Å². The van der Waals surface area contributed by atoms with Gasteiger partial charge in [0.05, 0.1) is 23.0 Å². The van der Waals surface area contributed by atoms with Crippen molar-refractivity contribution < 1.29 is 9.32 Å². The van der Waals surface area contributed by atoms with Crippen LogP contribution in [0.1, 0.15) is 36.3 Å². The van der Waals surface area contributed by atoms with E-state index < -0.39 is 0 Å². The summed E-state index contributed by atoms with van der Waals surface area (Å²) in [6, 6.07) is 3.86. The first-order valence-corrected chi connectivity index (χ1v) is 8.95. The van der Waals surface area contributed by atoms with E-state index in [1.165, 1.54) is 5.56 Å². The zero-order chi connectivity index (χ0) is 17.4. The fraction of sp³-hybridized carbons (Fsp3) is 0.526. The van der Waals surface area contributed by atoms with Crippen LogP contribution in [0, 0.1) is 19.3 Å². The molecular weight excluding hydrogens is 316 g/mol. The summed E-state index contributed by atoms with van der Waals surface area (Å²) in [7, 11) is 0. The molecule has 25 heavy (non-hydrogen) atoms. The Kier molecular flexibility index (Phi) is 4.07. The molecule has 0 bridgehead atoms. The van der Waals surface area contributed by atoms with E-state index in [0.29, 0.717) is 0 Å². The number of rotatable bonds is 3. The van der Waals surface area contributed by atoms with Gasteiger partial charge in [0.15, 0.2) is 0 Å². The lowest BCUT2D eigenvalue weighted by Gasteiger charge is -2.37. The number of aryl methyl sites for hydroxylation is 2. The predicted molar refractivity (Wildman–Crippen MR) is 94.1 cm³/mol. The molecule has 0 radical (unpaired) electrons. The van der Waals surface area contributed by atoms with E-state index in [9.17, 15) is 4.79 Å². The van der Waals surface area contributed by atoms with Crippen LogP contribution in [0.4, 0.5) is 5.69 Å². The first kappa shape index (κ1) is 16.3. The van der Waals surface area contributed by atoms with Gasteiger partial charge in [-0.25, -0.2) is 0 Å². The molecular formula is C19H24N4O2. The SMILES string of the molecule is Cc1noc(C)c1CN1CCC2(CC1)CCN(c1cccnc1)C2=O. The van der Waals surface area contributed by atoms with Crippen LogP contribution >= 0.6 is 0 Å². The van der Waals surface area contributed by atoms with Gasteiger partial charge in [0, 0.05) is 24.8 Å². The summed E-state index contributed by atoms with van der Waals surface area (Å²) in [5, 5.41) is 4.04. The maximum absolute atomic E-state index is 13.1. The van der Waals surface area contributed by atoms with Crippen LogP contribution in [0.25, 0.3) is 0 Å². The Balaban J connectivity index is 1.42. The average Bonchev–Trinajstić information content (AvgIpc) is 3.12. The van der Waals surface area contributed by atoms with Crippen molar-refractivity contribution in [1.82, 2.24) is 15.0 Å². The summed E-state index contributed by atoms with van der Waals surface area (Å²) < 4.78 is 5.27. The van der Waals surface area contributed by atoms with Crippen molar-refractivity contribution in [1.29, 1.82) is 0 Å². The molecule has 2 aliphatic heterocycles. The lowest BCUT2D eigenvalue weighted by Crippen LogP contribution is -2.44. The number of nitrogens with zero attached hydrogens (tertiary/aromatic N) is 4. The van der Waals surface area contributed by atoms with Crippen molar-refractivity contribution in [2.24, 2.45) is 5.41 Å². The van der Waals surface area contributed by atoms with Crippen LogP contribution < -0.4 is 4.90 Å². The molecule has 6 nitrogen and oxygen atoms in total. The van der Waals surface area contributed by atoms with Crippen LogP contribution in [0.15, 0.2) is 29.0 Å². The average molecular weight is 340 g/mol. The van der Waals surface area contributed by atoms with E-state index in [-0.39, 0.29) is 11.3 Å². The molecule has 0 atom stereocenters. The number of carbonyl (C=O) groups excluding carboxylic acids is 1. The first-order valence-electron chi connectivity index (χ1n) is 8.95. The van der Waals surface area contributed by atoms with E-state index in [0.717, 1.165) is 62.6 Å². The Hall–Kier alpha value is -2.21. The van der Waals surface area contributed by atoms with E-state index in [1.807, 2.05) is 30.9 Å². The number of carbonyl (C=O) groups is 1. The van der Waals surface area contributed by atoms with Crippen LogP contribution in [0.3, 0.4) is 0 Å². The van der Waals surface area contributed by atoms with Crippen molar-refractivity contribution in [3.05, 3.63) is 41.5 Å². The molecule has 1 amide bonds. The highest BCUT2D eigenvalue weighted by Gasteiger charge is 2.48. The molecule has 4 heterocycles. The molecule has 1 spiro atoms. The van der Waals surface area contributed by atoms with E-state index >= 15 is 0 Å². The lowest BCUT2D eigenvalue weighted by atomic mass is 9.77. The molecule has 4 rings (SSSR count). The summed E-state index contributed by atoms with van der Waals surface area (Å²) in [6.45, 7) is 7.50. The van der Waals surface area contributed by atoms with Gasteiger partial charge in [0.25, 0.3) is 0 Å². The smallest absolute Gasteiger partial charge is 0.233 e. The van der Waals surface area contributed by atoms with Crippen molar-refractivity contribution in [3.8, 4) is 0 Å². The molecule has 132 valence electrons. The fourth-order valence-corrected chi connectivity index (χ4v) is 4.13. The normalized spacial score (nSPS) is 20.6. The largest absolute Gasteiger partial charge is 0.361 e. The minimum atomic E-state index is -0.189. The predicted octanol–water partition coefficient (Wildman–Crippen LogP) is 2.71. The van der Waals surface area contributed by atoms with Crippen molar-refractivity contribution in [3.63, 3.8) is 0 Å². The van der Waals surface area contributed by atoms with Gasteiger partial charge in [-0.05, 0) is 58.3 Å². The van der Waals surface area contributed by atoms with E-state index in [4.69, 9.17) is 4.52 Å². The van der Waals surface area contributed by atoms with Gasteiger partial charge in [-0.3, -0.25) is 14.7 Å². The second-order valence-electron chi connectivity index (χ2n) is 7.28. The molecule has 2 aliphatic rings. The maximum Gasteiger partial charge on any atom is 0.233 e. The van der Waals surface area contributed by atoms with E-state index in [1.54, 1.807) is 12.4 Å². The summed E-state index contributed by atoms with van der Waals surface area (Å²) >= 11 is 0. The van der Waals surface area contributed by atoms with Crippen LogP contribution in [0.5, 0.6) is 0 Å². The molecule has 0 unspecified atom stereocenters. The van der Waals surface area contributed by atoms with Crippen molar-refractivity contribution in [2.45, 2.75) is 39.7 Å². The Morgan fingerprint density at radius 2 is 1.96 bits per heavy atom. The highest BCUT2D eigenvalue weighted by Crippen LogP contribution is 2.43. The van der Waals surface area contributed by atoms with Gasteiger partial charge in [-0.15, -0.1) is 0 Å². The second-order valence-corrected chi connectivity index (χ2v) is 7.28. The minimum absolute atomic E-state index is 0.189. The molecule has 2 aromatic rings. The monoisotopic (exact) mass is 340 g/mol. The maximum atomic E-state index is 13.1. The number of piperidine rings is 1. The number of anilines is 1.